The van der Waals surface area contributed by atoms with Crippen molar-refractivity contribution in [3.05, 3.63) is 35.6 Å². The minimum Gasteiger partial charge on any atom is -0.378 e. The van der Waals surface area contributed by atoms with Gasteiger partial charge in [0.2, 0.25) is 0 Å². The Balaban J connectivity index is 2.37. The minimum atomic E-state index is -0.328. The number of hydrogen-bond acceptors (Lipinski definition) is 2. The van der Waals surface area contributed by atoms with Crippen molar-refractivity contribution < 1.29 is 13.9 Å². The number of carbonyl (C=O) groups excluding carboxylic acids is 1. The molecule has 0 aliphatic heterocycles. The van der Waals surface area contributed by atoms with Crippen molar-refractivity contribution >= 4 is 5.78 Å². The first kappa shape index (κ1) is 13.8. The van der Waals surface area contributed by atoms with E-state index in [2.05, 4.69) is 13.8 Å². The molecular formula is C14H19FO2. The van der Waals surface area contributed by atoms with Crippen molar-refractivity contribution in [1.82, 2.24) is 0 Å². The van der Waals surface area contributed by atoms with E-state index in [0.29, 0.717) is 24.5 Å². The summed E-state index contributed by atoms with van der Waals surface area (Å²) in [6.07, 6.45) is 0.485. The van der Waals surface area contributed by atoms with E-state index in [0.717, 1.165) is 0 Å². The van der Waals surface area contributed by atoms with Gasteiger partial charge in [0.1, 0.15) is 5.82 Å². The van der Waals surface area contributed by atoms with Gasteiger partial charge in [-0.1, -0.05) is 13.8 Å². The van der Waals surface area contributed by atoms with E-state index in [4.69, 9.17) is 4.74 Å². The third-order valence-electron chi connectivity index (χ3n) is 2.81. The number of ether oxygens (including phenoxy) is 1. The lowest BCUT2D eigenvalue weighted by molar-refractivity contribution is 0.0335. The van der Waals surface area contributed by atoms with Crippen LogP contribution in [0.15, 0.2) is 24.3 Å². The van der Waals surface area contributed by atoms with E-state index in [9.17, 15) is 9.18 Å². The zero-order valence-electron chi connectivity index (χ0n) is 10.6. The Morgan fingerprint density at radius 3 is 2.35 bits per heavy atom. The van der Waals surface area contributed by atoms with Gasteiger partial charge in [-0.25, -0.2) is 4.39 Å². The molecule has 0 aliphatic rings. The van der Waals surface area contributed by atoms with Gasteiger partial charge in [-0.2, -0.15) is 0 Å². The van der Waals surface area contributed by atoms with Gasteiger partial charge in [-0.15, -0.1) is 0 Å². The van der Waals surface area contributed by atoms with Crippen LogP contribution >= 0.6 is 0 Å². The van der Waals surface area contributed by atoms with Crippen LogP contribution in [0.3, 0.4) is 0 Å². The SMILES string of the molecule is CC(C)C(C)OCCC(=O)c1ccc(F)cc1. The molecule has 1 unspecified atom stereocenters. The van der Waals surface area contributed by atoms with Crippen LogP contribution in [0, 0.1) is 11.7 Å². The predicted octanol–water partition coefficient (Wildman–Crippen LogP) is 3.46. The van der Waals surface area contributed by atoms with Crippen LogP contribution in [0.4, 0.5) is 4.39 Å². The highest BCUT2D eigenvalue weighted by atomic mass is 19.1. The molecule has 94 valence electrons. The molecule has 2 nitrogen and oxygen atoms in total. The van der Waals surface area contributed by atoms with E-state index in [1.54, 1.807) is 0 Å². The van der Waals surface area contributed by atoms with Gasteiger partial charge in [0, 0.05) is 12.0 Å². The fraction of sp³-hybridized carbons (Fsp3) is 0.500. The van der Waals surface area contributed by atoms with Gasteiger partial charge in [0.05, 0.1) is 12.7 Å². The van der Waals surface area contributed by atoms with Crippen molar-refractivity contribution in [1.29, 1.82) is 0 Å². The second-order valence-electron chi connectivity index (χ2n) is 4.50. The van der Waals surface area contributed by atoms with Crippen LogP contribution in [-0.4, -0.2) is 18.5 Å². The number of halogens is 1. The number of hydrogen-bond donors (Lipinski definition) is 0. The number of carbonyl (C=O) groups is 1. The van der Waals surface area contributed by atoms with E-state index < -0.39 is 0 Å². The molecule has 0 spiro atoms. The third kappa shape index (κ3) is 4.65. The van der Waals surface area contributed by atoms with Crippen LogP contribution in [0.1, 0.15) is 37.6 Å². The Labute approximate surface area is 102 Å². The standard InChI is InChI=1S/C14H19FO2/c1-10(2)11(3)17-9-8-14(16)12-4-6-13(15)7-5-12/h4-7,10-11H,8-9H2,1-3H3. The lowest BCUT2D eigenvalue weighted by atomic mass is 10.1. The van der Waals surface area contributed by atoms with Crippen molar-refractivity contribution in [3.63, 3.8) is 0 Å². The molecule has 0 fully saturated rings. The van der Waals surface area contributed by atoms with Gasteiger partial charge >= 0.3 is 0 Å². The van der Waals surface area contributed by atoms with Crippen molar-refractivity contribution in [2.45, 2.75) is 33.3 Å². The number of ketones is 1. The van der Waals surface area contributed by atoms with Crippen molar-refractivity contribution in [3.8, 4) is 0 Å². The summed E-state index contributed by atoms with van der Waals surface area (Å²) < 4.78 is 18.2. The van der Waals surface area contributed by atoms with Gasteiger partial charge in [-0.05, 0) is 37.1 Å². The lowest BCUT2D eigenvalue weighted by Gasteiger charge is -2.16. The summed E-state index contributed by atoms with van der Waals surface area (Å²) in [6, 6.07) is 5.60. The molecule has 0 saturated heterocycles. The number of rotatable bonds is 6. The van der Waals surface area contributed by atoms with Crippen molar-refractivity contribution in [2.24, 2.45) is 5.92 Å². The molecule has 0 saturated carbocycles. The molecule has 0 aliphatic carbocycles. The second-order valence-corrected chi connectivity index (χ2v) is 4.50. The fourth-order valence-electron chi connectivity index (χ4n) is 1.31. The first-order chi connectivity index (χ1) is 8.00. The quantitative estimate of drug-likeness (QED) is 0.709. The highest BCUT2D eigenvalue weighted by Gasteiger charge is 2.09. The highest BCUT2D eigenvalue weighted by molar-refractivity contribution is 5.96. The average Bonchev–Trinajstić information content (AvgIpc) is 2.29. The number of benzene rings is 1. The summed E-state index contributed by atoms with van der Waals surface area (Å²) in [5, 5.41) is 0. The van der Waals surface area contributed by atoms with Gasteiger partial charge in [0.25, 0.3) is 0 Å². The first-order valence-corrected chi connectivity index (χ1v) is 5.91. The van der Waals surface area contributed by atoms with Crippen LogP contribution in [0.25, 0.3) is 0 Å². The van der Waals surface area contributed by atoms with Crippen LogP contribution in [0.2, 0.25) is 0 Å². The minimum absolute atomic E-state index is 0.0130. The maximum atomic E-state index is 12.7. The van der Waals surface area contributed by atoms with Crippen molar-refractivity contribution in [2.75, 3.05) is 6.61 Å². The first-order valence-electron chi connectivity index (χ1n) is 5.91. The van der Waals surface area contributed by atoms with E-state index in [1.807, 2.05) is 6.92 Å². The molecule has 1 aromatic carbocycles. The molecule has 0 aromatic heterocycles. The summed E-state index contributed by atoms with van der Waals surface area (Å²) in [5.41, 5.74) is 0.534. The summed E-state index contributed by atoms with van der Waals surface area (Å²) in [4.78, 5) is 11.7. The van der Waals surface area contributed by atoms with Crippen LogP contribution in [0.5, 0.6) is 0 Å². The second kappa shape index (κ2) is 6.50. The molecule has 0 N–H and O–H groups in total. The fourth-order valence-corrected chi connectivity index (χ4v) is 1.31. The van der Waals surface area contributed by atoms with Gasteiger partial charge in [0.15, 0.2) is 5.78 Å². The topological polar surface area (TPSA) is 26.3 Å². The highest BCUT2D eigenvalue weighted by Crippen LogP contribution is 2.09. The Morgan fingerprint density at radius 1 is 1.24 bits per heavy atom. The normalized spacial score (nSPS) is 12.8. The Bertz CT molecular complexity index is 357. The Hall–Kier alpha value is -1.22. The van der Waals surface area contributed by atoms with Crippen LogP contribution in [-0.2, 0) is 4.74 Å². The lowest BCUT2D eigenvalue weighted by Crippen LogP contribution is -2.17. The molecule has 1 aromatic rings. The molecule has 0 bridgehead atoms. The maximum Gasteiger partial charge on any atom is 0.165 e. The zero-order valence-corrected chi connectivity index (χ0v) is 10.6. The van der Waals surface area contributed by atoms with E-state index >= 15 is 0 Å². The van der Waals surface area contributed by atoms with E-state index in [1.165, 1.54) is 24.3 Å². The molecule has 3 heteroatoms. The molecule has 1 atom stereocenters. The van der Waals surface area contributed by atoms with E-state index in [-0.39, 0.29) is 17.7 Å². The Morgan fingerprint density at radius 2 is 1.82 bits per heavy atom. The number of Topliss-reactive ketones (excluding diaryl/α,β-unsaturated/α-hetero) is 1. The molecular weight excluding hydrogens is 219 g/mol. The molecule has 0 amide bonds. The largest absolute Gasteiger partial charge is 0.378 e. The summed E-state index contributed by atoms with van der Waals surface area (Å²) in [7, 11) is 0. The predicted molar refractivity (Wildman–Crippen MR) is 65.6 cm³/mol. The Kier molecular flexibility index (Phi) is 5.29. The smallest absolute Gasteiger partial charge is 0.165 e. The zero-order chi connectivity index (χ0) is 12.8. The molecule has 1 rings (SSSR count). The monoisotopic (exact) mass is 238 g/mol. The van der Waals surface area contributed by atoms with Gasteiger partial charge < -0.3 is 4.74 Å². The van der Waals surface area contributed by atoms with Crippen LogP contribution < -0.4 is 0 Å². The molecule has 0 radical (unpaired) electrons. The summed E-state index contributed by atoms with van der Waals surface area (Å²) in [5.74, 6) is 0.100. The van der Waals surface area contributed by atoms with Gasteiger partial charge in [-0.3, -0.25) is 4.79 Å². The summed E-state index contributed by atoms with van der Waals surface area (Å²) >= 11 is 0. The average molecular weight is 238 g/mol. The maximum absolute atomic E-state index is 12.7. The summed E-state index contributed by atoms with van der Waals surface area (Å²) in [6.45, 7) is 6.56. The molecule has 0 heterocycles. The molecule has 17 heavy (non-hydrogen) atoms. The third-order valence-corrected chi connectivity index (χ3v) is 2.81.